The molecule has 1 N–H and O–H groups in total. The predicted octanol–water partition coefficient (Wildman–Crippen LogP) is 2.03. The molecule has 0 saturated carbocycles. The molecular weight excluding hydrogens is 268 g/mol. The lowest BCUT2D eigenvalue weighted by Crippen LogP contribution is -2.19. The van der Waals surface area contributed by atoms with E-state index in [0.29, 0.717) is 6.61 Å². The van der Waals surface area contributed by atoms with Crippen LogP contribution in [0.1, 0.15) is 29.4 Å². The van der Waals surface area contributed by atoms with Crippen LogP contribution in [0.25, 0.3) is 0 Å². The fourth-order valence-corrected chi connectivity index (χ4v) is 1.51. The highest BCUT2D eigenvalue weighted by Gasteiger charge is 2.04. The van der Waals surface area contributed by atoms with Gasteiger partial charge in [0.25, 0.3) is 5.91 Å². The van der Waals surface area contributed by atoms with Crippen molar-refractivity contribution in [3.8, 4) is 5.75 Å². The van der Waals surface area contributed by atoms with E-state index in [0.717, 1.165) is 17.7 Å². The maximum absolute atomic E-state index is 11.7. The SMILES string of the molecule is CCCOc1ccc(C=NNC(=O)c2cnccn2)cc1. The number of ether oxygens (including phenoxy) is 1. The molecule has 0 bridgehead atoms. The van der Waals surface area contributed by atoms with E-state index in [4.69, 9.17) is 4.74 Å². The van der Waals surface area contributed by atoms with Crippen molar-refractivity contribution in [2.75, 3.05) is 6.61 Å². The lowest BCUT2D eigenvalue weighted by atomic mass is 10.2. The number of amides is 1. The second-order valence-corrected chi connectivity index (χ2v) is 4.21. The highest BCUT2D eigenvalue weighted by molar-refractivity contribution is 5.92. The monoisotopic (exact) mass is 284 g/mol. The molecule has 1 aromatic carbocycles. The Hall–Kier alpha value is -2.76. The Balaban J connectivity index is 1.88. The van der Waals surface area contributed by atoms with E-state index in [2.05, 4.69) is 27.4 Å². The molecule has 0 atom stereocenters. The van der Waals surface area contributed by atoms with E-state index in [1.54, 1.807) is 6.21 Å². The molecule has 1 aromatic heterocycles. The molecular formula is C15H16N4O2. The molecule has 6 nitrogen and oxygen atoms in total. The van der Waals surface area contributed by atoms with Crippen LogP contribution in [0.15, 0.2) is 48.0 Å². The molecule has 1 heterocycles. The maximum Gasteiger partial charge on any atom is 0.291 e. The lowest BCUT2D eigenvalue weighted by molar-refractivity contribution is 0.0949. The van der Waals surface area contributed by atoms with Crippen LogP contribution in [0, 0.1) is 0 Å². The average molecular weight is 284 g/mol. The van der Waals surface area contributed by atoms with Crippen molar-refractivity contribution in [2.24, 2.45) is 5.10 Å². The zero-order valence-corrected chi connectivity index (χ0v) is 11.7. The summed E-state index contributed by atoms with van der Waals surface area (Å²) in [5.74, 6) is 0.417. The van der Waals surface area contributed by atoms with E-state index >= 15 is 0 Å². The third-order valence-corrected chi connectivity index (χ3v) is 2.53. The molecule has 0 aliphatic rings. The number of nitrogens with one attached hydrogen (secondary N) is 1. The minimum Gasteiger partial charge on any atom is -0.494 e. The maximum atomic E-state index is 11.7. The number of hydrazone groups is 1. The molecule has 2 rings (SSSR count). The van der Waals surface area contributed by atoms with Crippen molar-refractivity contribution in [1.82, 2.24) is 15.4 Å². The second kappa shape index (κ2) is 7.74. The Kier molecular flexibility index (Phi) is 5.40. The first-order valence-corrected chi connectivity index (χ1v) is 6.62. The number of carbonyl (C=O) groups excluding carboxylic acids is 1. The molecule has 6 heteroatoms. The highest BCUT2D eigenvalue weighted by atomic mass is 16.5. The summed E-state index contributed by atoms with van der Waals surface area (Å²) in [6.07, 6.45) is 6.86. The standard InChI is InChI=1S/C15H16N4O2/c1-2-9-21-13-5-3-12(4-6-13)10-18-19-15(20)14-11-16-7-8-17-14/h3-8,10-11H,2,9H2,1H3,(H,19,20). The van der Waals surface area contributed by atoms with Gasteiger partial charge in [-0.15, -0.1) is 0 Å². The van der Waals surface area contributed by atoms with Gasteiger partial charge in [0.2, 0.25) is 0 Å². The van der Waals surface area contributed by atoms with Crippen LogP contribution in [0.2, 0.25) is 0 Å². The number of rotatable bonds is 6. The Morgan fingerprint density at radius 2 is 2.14 bits per heavy atom. The van der Waals surface area contributed by atoms with Gasteiger partial charge in [0.05, 0.1) is 19.0 Å². The molecule has 0 fully saturated rings. The van der Waals surface area contributed by atoms with Gasteiger partial charge in [-0.1, -0.05) is 6.92 Å². The number of hydrogen-bond acceptors (Lipinski definition) is 5. The van der Waals surface area contributed by atoms with E-state index in [9.17, 15) is 4.79 Å². The quantitative estimate of drug-likeness (QED) is 0.650. The van der Waals surface area contributed by atoms with Gasteiger partial charge in [0, 0.05) is 12.4 Å². The molecule has 108 valence electrons. The molecule has 0 aliphatic heterocycles. The number of carbonyl (C=O) groups is 1. The number of hydrogen-bond donors (Lipinski definition) is 1. The summed E-state index contributed by atoms with van der Waals surface area (Å²) >= 11 is 0. The summed E-state index contributed by atoms with van der Waals surface area (Å²) in [4.78, 5) is 19.4. The summed E-state index contributed by atoms with van der Waals surface area (Å²) in [5.41, 5.74) is 3.47. The lowest BCUT2D eigenvalue weighted by Gasteiger charge is -2.03. The van der Waals surface area contributed by atoms with Crippen LogP contribution in [0.3, 0.4) is 0 Å². The van der Waals surface area contributed by atoms with Gasteiger partial charge >= 0.3 is 0 Å². The predicted molar refractivity (Wildman–Crippen MR) is 79.3 cm³/mol. The van der Waals surface area contributed by atoms with Crippen molar-refractivity contribution in [1.29, 1.82) is 0 Å². The Morgan fingerprint density at radius 1 is 1.33 bits per heavy atom. The molecule has 0 spiro atoms. The van der Waals surface area contributed by atoms with E-state index in [1.165, 1.54) is 18.6 Å². The Bertz CT molecular complexity index is 597. The molecule has 1 amide bonds. The highest BCUT2D eigenvalue weighted by Crippen LogP contribution is 2.11. The minimum absolute atomic E-state index is 0.220. The first kappa shape index (κ1) is 14.6. The fourth-order valence-electron chi connectivity index (χ4n) is 1.51. The van der Waals surface area contributed by atoms with Gasteiger partial charge in [-0.3, -0.25) is 9.78 Å². The van der Waals surface area contributed by atoms with Crippen molar-refractivity contribution < 1.29 is 9.53 Å². The summed E-state index contributed by atoms with van der Waals surface area (Å²) in [7, 11) is 0. The molecule has 0 unspecified atom stereocenters. The van der Waals surface area contributed by atoms with Gasteiger partial charge in [0.1, 0.15) is 11.4 Å². The average Bonchev–Trinajstić information content (AvgIpc) is 2.55. The van der Waals surface area contributed by atoms with E-state index in [-0.39, 0.29) is 5.69 Å². The zero-order valence-electron chi connectivity index (χ0n) is 11.7. The third kappa shape index (κ3) is 4.68. The summed E-state index contributed by atoms with van der Waals surface area (Å²) in [6.45, 7) is 2.75. The largest absolute Gasteiger partial charge is 0.494 e. The van der Waals surface area contributed by atoms with Crippen LogP contribution in [0.5, 0.6) is 5.75 Å². The van der Waals surface area contributed by atoms with Gasteiger partial charge in [0.15, 0.2) is 0 Å². The van der Waals surface area contributed by atoms with E-state index in [1.807, 2.05) is 24.3 Å². The van der Waals surface area contributed by atoms with Crippen molar-refractivity contribution in [3.63, 3.8) is 0 Å². The fraction of sp³-hybridized carbons (Fsp3) is 0.200. The van der Waals surface area contributed by atoms with Crippen LogP contribution in [-0.4, -0.2) is 28.7 Å². The van der Waals surface area contributed by atoms with Gasteiger partial charge in [-0.25, -0.2) is 10.4 Å². The number of benzene rings is 1. The summed E-state index contributed by atoms with van der Waals surface area (Å²) < 4.78 is 5.48. The molecule has 0 radical (unpaired) electrons. The van der Waals surface area contributed by atoms with Crippen molar-refractivity contribution >= 4 is 12.1 Å². The first-order valence-electron chi connectivity index (χ1n) is 6.62. The Morgan fingerprint density at radius 3 is 2.81 bits per heavy atom. The van der Waals surface area contributed by atoms with E-state index < -0.39 is 5.91 Å². The topological polar surface area (TPSA) is 76.5 Å². The third-order valence-electron chi connectivity index (χ3n) is 2.53. The van der Waals surface area contributed by atoms with Crippen molar-refractivity contribution in [3.05, 3.63) is 54.1 Å². The van der Waals surface area contributed by atoms with Crippen LogP contribution in [0.4, 0.5) is 0 Å². The van der Waals surface area contributed by atoms with Gasteiger partial charge in [-0.05, 0) is 36.2 Å². The summed E-state index contributed by atoms with van der Waals surface area (Å²) in [5, 5.41) is 3.88. The van der Waals surface area contributed by atoms with Crippen LogP contribution < -0.4 is 10.2 Å². The minimum atomic E-state index is -0.401. The van der Waals surface area contributed by atoms with Crippen molar-refractivity contribution in [2.45, 2.75) is 13.3 Å². The zero-order chi connectivity index (χ0) is 14.9. The smallest absolute Gasteiger partial charge is 0.291 e. The second-order valence-electron chi connectivity index (χ2n) is 4.21. The number of aromatic nitrogens is 2. The molecule has 21 heavy (non-hydrogen) atoms. The molecule has 0 saturated heterocycles. The summed E-state index contributed by atoms with van der Waals surface area (Å²) in [6, 6.07) is 7.45. The van der Waals surface area contributed by atoms with Gasteiger partial charge < -0.3 is 4.74 Å². The number of nitrogens with zero attached hydrogens (tertiary/aromatic N) is 3. The molecule has 0 aliphatic carbocycles. The molecule has 2 aromatic rings. The van der Waals surface area contributed by atoms with Gasteiger partial charge in [-0.2, -0.15) is 5.10 Å². The normalized spacial score (nSPS) is 10.5. The van der Waals surface area contributed by atoms with Crippen LogP contribution in [-0.2, 0) is 0 Å². The Labute approximate surface area is 122 Å². The first-order chi connectivity index (χ1) is 10.3. The van der Waals surface area contributed by atoms with Crippen LogP contribution >= 0.6 is 0 Å².